The van der Waals surface area contributed by atoms with Crippen LogP contribution in [0.5, 0.6) is 0 Å². The molecule has 2 atom stereocenters. The van der Waals surface area contributed by atoms with E-state index in [1.54, 1.807) is 0 Å². The summed E-state index contributed by atoms with van der Waals surface area (Å²) in [7, 11) is 0. The Kier molecular flexibility index (Phi) is 9.30. The Morgan fingerprint density at radius 1 is 1.18 bits per heavy atom. The molecule has 0 aliphatic carbocycles. The van der Waals surface area contributed by atoms with Crippen molar-refractivity contribution in [3.63, 3.8) is 0 Å². The number of aromatic nitrogens is 3. The van der Waals surface area contributed by atoms with Crippen molar-refractivity contribution in [2.45, 2.75) is 43.8 Å². The summed E-state index contributed by atoms with van der Waals surface area (Å²) in [6.45, 7) is 1.42. The van der Waals surface area contributed by atoms with Crippen molar-refractivity contribution in [2.24, 2.45) is 5.73 Å². The third kappa shape index (κ3) is 7.31. The highest BCUT2D eigenvalue weighted by atomic mass is 35.5. The van der Waals surface area contributed by atoms with Crippen LogP contribution in [0.4, 0.5) is 22.0 Å². The number of halogens is 6. The minimum absolute atomic E-state index is 0.0907. The van der Waals surface area contributed by atoms with E-state index in [-0.39, 0.29) is 17.9 Å². The van der Waals surface area contributed by atoms with E-state index in [0.29, 0.717) is 15.3 Å². The summed E-state index contributed by atoms with van der Waals surface area (Å²) in [5, 5.41) is 17.1. The molecule has 3 rings (SSSR count). The van der Waals surface area contributed by atoms with Crippen LogP contribution in [-0.4, -0.2) is 43.9 Å². The van der Waals surface area contributed by atoms with Gasteiger partial charge in [0.2, 0.25) is 5.91 Å². The molecule has 1 unspecified atom stereocenters. The van der Waals surface area contributed by atoms with Crippen molar-refractivity contribution < 1.29 is 31.9 Å². The quantitative estimate of drug-likeness (QED) is 0.239. The monoisotopic (exact) mass is 573 g/mol. The molecule has 0 aliphatic rings. The van der Waals surface area contributed by atoms with Crippen LogP contribution in [0, 0.1) is 0 Å². The molecule has 0 aliphatic heterocycles. The molecule has 1 heterocycles. The number of carbonyl (C=O) groups is 1. The summed E-state index contributed by atoms with van der Waals surface area (Å²) in [5.74, 6) is -4.54. The Hall–Kier alpha value is -3.55. The molecule has 3 aromatic rings. The number of aliphatic hydroxyl groups excluding tert-OH is 1. The summed E-state index contributed by atoms with van der Waals surface area (Å²) in [6, 6.07) is 9.12. The minimum Gasteiger partial charge on any atom is -0.385 e. The molecule has 1 amide bonds. The first-order valence-corrected chi connectivity index (χ1v) is 11.9. The molecule has 210 valence electrons. The van der Waals surface area contributed by atoms with Gasteiger partial charge in [-0.1, -0.05) is 29.8 Å². The Labute approximate surface area is 224 Å². The van der Waals surface area contributed by atoms with Gasteiger partial charge in [-0.15, -0.1) is 11.7 Å². The Balaban J connectivity index is 1.91. The number of aliphatic hydroxyl groups is 1. The highest BCUT2D eigenvalue weighted by molar-refractivity contribution is 6.30. The zero-order valence-corrected chi connectivity index (χ0v) is 21.1. The number of allylic oxidation sites excluding steroid dienone is 1. The number of amides is 1. The van der Waals surface area contributed by atoms with Crippen molar-refractivity contribution >= 4 is 17.5 Å². The first-order valence-electron chi connectivity index (χ1n) is 11.5. The second-order valence-corrected chi connectivity index (χ2v) is 9.07. The average Bonchev–Trinajstić information content (AvgIpc) is 3.17. The summed E-state index contributed by atoms with van der Waals surface area (Å²) < 4.78 is 69.3. The molecule has 0 fully saturated rings. The van der Waals surface area contributed by atoms with E-state index >= 15 is 0 Å². The lowest BCUT2D eigenvalue weighted by atomic mass is 10.0. The number of alkyl halides is 5. The van der Waals surface area contributed by atoms with Crippen LogP contribution in [0.15, 0.2) is 66.0 Å². The Morgan fingerprint density at radius 3 is 2.44 bits per heavy atom. The van der Waals surface area contributed by atoms with Crippen molar-refractivity contribution in [1.82, 2.24) is 19.7 Å². The fourth-order valence-corrected chi connectivity index (χ4v) is 3.87. The largest absolute Gasteiger partial charge is 0.416 e. The number of nitrogens with one attached hydrogen (secondary N) is 1. The van der Waals surface area contributed by atoms with Gasteiger partial charge in [-0.05, 0) is 42.0 Å². The van der Waals surface area contributed by atoms with Gasteiger partial charge in [0, 0.05) is 23.6 Å². The van der Waals surface area contributed by atoms with E-state index < -0.39 is 60.9 Å². The molecular weight excluding hydrogens is 549 g/mol. The lowest BCUT2D eigenvalue weighted by molar-refractivity contribution is -0.137. The van der Waals surface area contributed by atoms with Gasteiger partial charge in [0.25, 0.3) is 5.92 Å². The average molecular weight is 574 g/mol. The van der Waals surface area contributed by atoms with E-state index in [1.807, 2.05) is 0 Å². The maximum Gasteiger partial charge on any atom is 0.416 e. The molecule has 2 aromatic carbocycles. The Morgan fingerprint density at radius 2 is 1.85 bits per heavy atom. The topological polar surface area (TPSA) is 115 Å². The van der Waals surface area contributed by atoms with Gasteiger partial charge in [0.1, 0.15) is 12.6 Å². The number of nitrogens with two attached hydrogens (primary N) is 1. The van der Waals surface area contributed by atoms with Crippen molar-refractivity contribution in [2.75, 3.05) is 6.54 Å². The predicted molar refractivity (Wildman–Crippen MR) is 134 cm³/mol. The maximum atomic E-state index is 14.3. The van der Waals surface area contributed by atoms with Crippen LogP contribution < -0.4 is 16.7 Å². The standard InChI is InChI=1S/C25H25ClF5N5O3/c1-2-10-24(27,28)20(37)13-35-22(15-6-8-18(26)9-7-15)34-36(23(35)39)14-21(38)33-19(12-32)16-4-3-5-17(11-16)25(29,30)31/h2-9,11,19-20,37H,1,10,12-14,32H2,(H,33,38)/t19?,20-/m0/s1. The van der Waals surface area contributed by atoms with Crippen molar-refractivity contribution in [3.05, 3.63) is 87.8 Å². The summed E-state index contributed by atoms with van der Waals surface area (Å²) >= 11 is 5.90. The first kappa shape index (κ1) is 30.0. The van der Waals surface area contributed by atoms with E-state index in [2.05, 4.69) is 17.0 Å². The predicted octanol–water partition coefficient (Wildman–Crippen LogP) is 3.77. The van der Waals surface area contributed by atoms with Gasteiger partial charge >= 0.3 is 11.9 Å². The smallest absolute Gasteiger partial charge is 0.385 e. The Bertz CT molecular complexity index is 1370. The van der Waals surface area contributed by atoms with Gasteiger partial charge in [0.05, 0.1) is 18.2 Å². The molecule has 39 heavy (non-hydrogen) atoms. The number of hydrogen-bond donors (Lipinski definition) is 3. The number of rotatable bonds is 11. The molecule has 8 nitrogen and oxygen atoms in total. The molecule has 4 N–H and O–H groups in total. The normalized spacial score (nSPS) is 13.6. The van der Waals surface area contributed by atoms with Gasteiger partial charge < -0.3 is 16.2 Å². The van der Waals surface area contributed by atoms with Crippen LogP contribution in [0.2, 0.25) is 5.02 Å². The third-order valence-corrected chi connectivity index (χ3v) is 6.02. The minimum atomic E-state index is -4.61. The van der Waals surface area contributed by atoms with E-state index in [0.717, 1.165) is 22.8 Å². The maximum absolute atomic E-state index is 14.3. The number of nitrogens with zero attached hydrogens (tertiary/aromatic N) is 3. The molecule has 0 bridgehead atoms. The third-order valence-electron chi connectivity index (χ3n) is 5.77. The molecule has 0 spiro atoms. The second-order valence-electron chi connectivity index (χ2n) is 8.63. The van der Waals surface area contributed by atoms with Gasteiger partial charge in [-0.3, -0.25) is 9.36 Å². The molecule has 14 heteroatoms. The van der Waals surface area contributed by atoms with Crippen LogP contribution in [0.25, 0.3) is 11.4 Å². The zero-order chi connectivity index (χ0) is 29.0. The number of carbonyl (C=O) groups excluding carboxylic acids is 1. The van der Waals surface area contributed by atoms with Gasteiger partial charge in [0.15, 0.2) is 5.82 Å². The zero-order valence-electron chi connectivity index (χ0n) is 20.3. The molecule has 0 radical (unpaired) electrons. The van der Waals surface area contributed by atoms with Crippen molar-refractivity contribution in [3.8, 4) is 11.4 Å². The number of hydrogen-bond acceptors (Lipinski definition) is 5. The van der Waals surface area contributed by atoms with Crippen LogP contribution in [-0.2, 0) is 24.1 Å². The van der Waals surface area contributed by atoms with Gasteiger partial charge in [-0.2, -0.15) is 13.2 Å². The molecular formula is C25H25ClF5N5O3. The SMILES string of the molecule is C=CCC(F)(F)[C@@H](O)Cn1c(-c2ccc(Cl)cc2)nn(CC(=O)NC(CN)c2cccc(C(F)(F)F)c2)c1=O. The molecule has 0 saturated carbocycles. The van der Waals surface area contributed by atoms with E-state index in [1.165, 1.54) is 36.4 Å². The lowest BCUT2D eigenvalue weighted by Gasteiger charge is -2.21. The summed E-state index contributed by atoms with van der Waals surface area (Å²) in [4.78, 5) is 25.9. The first-order chi connectivity index (χ1) is 18.3. The van der Waals surface area contributed by atoms with Gasteiger partial charge in [-0.25, -0.2) is 18.3 Å². The lowest BCUT2D eigenvalue weighted by Crippen LogP contribution is -2.41. The van der Waals surface area contributed by atoms with E-state index in [9.17, 15) is 36.6 Å². The summed E-state index contributed by atoms with van der Waals surface area (Å²) in [5.41, 5.74) is 4.14. The van der Waals surface area contributed by atoms with E-state index in [4.69, 9.17) is 17.3 Å². The highest BCUT2D eigenvalue weighted by Crippen LogP contribution is 2.31. The number of benzene rings is 2. The van der Waals surface area contributed by atoms with Crippen molar-refractivity contribution in [1.29, 1.82) is 0 Å². The second kappa shape index (κ2) is 12.1. The summed E-state index contributed by atoms with van der Waals surface area (Å²) in [6.07, 6.45) is -6.80. The highest BCUT2D eigenvalue weighted by Gasteiger charge is 2.38. The van der Waals surface area contributed by atoms with Crippen LogP contribution in [0.3, 0.4) is 0 Å². The molecule has 1 aromatic heterocycles. The fourth-order valence-electron chi connectivity index (χ4n) is 3.74. The van der Waals surface area contributed by atoms with Crippen LogP contribution >= 0.6 is 11.6 Å². The molecule has 0 saturated heterocycles. The van der Waals surface area contributed by atoms with Crippen LogP contribution in [0.1, 0.15) is 23.6 Å². The fraction of sp³-hybridized carbons (Fsp3) is 0.320.